The van der Waals surface area contributed by atoms with Gasteiger partial charge >= 0.3 is 0 Å². The molecule has 0 bridgehead atoms. The number of nitrogens with zero attached hydrogens (tertiary/aromatic N) is 4. The van der Waals surface area contributed by atoms with Crippen LogP contribution < -0.4 is 11.1 Å². The first-order valence-corrected chi connectivity index (χ1v) is 8.97. The van der Waals surface area contributed by atoms with Crippen LogP contribution in [0.3, 0.4) is 0 Å². The molecule has 0 saturated carbocycles. The molecular weight excluding hydrogens is 332 g/mol. The van der Waals surface area contributed by atoms with E-state index in [4.69, 9.17) is 5.73 Å². The van der Waals surface area contributed by atoms with Gasteiger partial charge in [-0.3, -0.25) is 4.90 Å². The van der Waals surface area contributed by atoms with Crippen LogP contribution in [0, 0.1) is 6.92 Å². The largest absolute Gasteiger partial charge is 0.368 e. The SMILES string of the molecule is Cc1ccsc1CN(C)C(C)c1nc(N)nc(Nc2ccccc2)n1. The van der Waals surface area contributed by atoms with E-state index in [0.717, 1.165) is 12.2 Å². The third kappa shape index (κ3) is 4.32. The zero-order valence-electron chi connectivity index (χ0n) is 14.6. The molecule has 2 aromatic heterocycles. The van der Waals surface area contributed by atoms with E-state index >= 15 is 0 Å². The lowest BCUT2D eigenvalue weighted by Gasteiger charge is -2.23. The second kappa shape index (κ2) is 7.58. The van der Waals surface area contributed by atoms with Gasteiger partial charge in [-0.25, -0.2) is 0 Å². The zero-order chi connectivity index (χ0) is 17.8. The first-order chi connectivity index (χ1) is 12.0. The molecule has 3 N–H and O–H groups in total. The van der Waals surface area contributed by atoms with Crippen molar-refractivity contribution >= 4 is 28.9 Å². The molecule has 3 rings (SSSR count). The van der Waals surface area contributed by atoms with E-state index in [1.807, 2.05) is 30.3 Å². The van der Waals surface area contributed by atoms with Gasteiger partial charge in [0.05, 0.1) is 6.04 Å². The fraction of sp³-hybridized carbons (Fsp3) is 0.278. The first-order valence-electron chi connectivity index (χ1n) is 8.09. The lowest BCUT2D eigenvalue weighted by molar-refractivity contribution is 0.245. The van der Waals surface area contributed by atoms with Gasteiger partial charge in [0.15, 0.2) is 5.82 Å². The van der Waals surface area contributed by atoms with Crippen LogP contribution in [-0.4, -0.2) is 26.9 Å². The molecule has 1 unspecified atom stereocenters. The van der Waals surface area contributed by atoms with E-state index in [1.54, 1.807) is 11.3 Å². The maximum Gasteiger partial charge on any atom is 0.232 e. The number of anilines is 3. The van der Waals surface area contributed by atoms with Crippen molar-refractivity contribution in [3.05, 3.63) is 58.0 Å². The van der Waals surface area contributed by atoms with Crippen molar-refractivity contribution in [1.82, 2.24) is 19.9 Å². The van der Waals surface area contributed by atoms with Crippen LogP contribution in [-0.2, 0) is 6.54 Å². The molecule has 0 spiro atoms. The van der Waals surface area contributed by atoms with E-state index in [0.29, 0.717) is 11.8 Å². The number of thiophene rings is 1. The topological polar surface area (TPSA) is 80.0 Å². The molecule has 0 aliphatic heterocycles. The molecule has 0 aliphatic carbocycles. The number of para-hydroxylation sites is 1. The van der Waals surface area contributed by atoms with E-state index in [1.165, 1.54) is 10.4 Å². The molecule has 130 valence electrons. The predicted molar refractivity (Wildman–Crippen MR) is 103 cm³/mol. The second-order valence-electron chi connectivity index (χ2n) is 5.98. The molecule has 6 nitrogen and oxygen atoms in total. The highest BCUT2D eigenvalue weighted by molar-refractivity contribution is 7.10. The second-order valence-corrected chi connectivity index (χ2v) is 6.98. The zero-order valence-corrected chi connectivity index (χ0v) is 15.4. The maximum atomic E-state index is 5.89. The predicted octanol–water partition coefficient (Wildman–Crippen LogP) is 3.76. The molecule has 0 saturated heterocycles. The molecule has 0 aliphatic rings. The first kappa shape index (κ1) is 17.3. The number of aromatic nitrogens is 3. The van der Waals surface area contributed by atoms with Gasteiger partial charge in [0.2, 0.25) is 11.9 Å². The Morgan fingerprint density at radius 2 is 1.92 bits per heavy atom. The van der Waals surface area contributed by atoms with E-state index in [9.17, 15) is 0 Å². The molecule has 0 radical (unpaired) electrons. The van der Waals surface area contributed by atoms with Gasteiger partial charge in [-0.05, 0) is 50.0 Å². The normalized spacial score (nSPS) is 12.3. The Labute approximate surface area is 151 Å². The third-order valence-corrected chi connectivity index (χ3v) is 5.10. The van der Waals surface area contributed by atoms with Crippen LogP contribution >= 0.6 is 11.3 Å². The summed E-state index contributed by atoms with van der Waals surface area (Å²) in [4.78, 5) is 16.6. The number of nitrogens with one attached hydrogen (secondary N) is 1. The van der Waals surface area contributed by atoms with Crippen molar-refractivity contribution in [2.24, 2.45) is 0 Å². The highest BCUT2D eigenvalue weighted by Crippen LogP contribution is 2.23. The van der Waals surface area contributed by atoms with Crippen LogP contribution in [0.1, 0.15) is 29.2 Å². The monoisotopic (exact) mass is 354 g/mol. The number of rotatable bonds is 6. The Balaban J connectivity index is 1.77. The number of hydrogen-bond acceptors (Lipinski definition) is 7. The standard InChI is InChI=1S/C18H22N6S/c1-12-9-10-25-15(12)11-24(3)13(2)16-21-17(19)23-18(22-16)20-14-7-5-4-6-8-14/h4-10,13H,11H2,1-3H3,(H3,19,20,21,22,23). The number of nitrogen functional groups attached to an aromatic ring is 1. The fourth-order valence-electron chi connectivity index (χ4n) is 2.43. The quantitative estimate of drug-likeness (QED) is 0.701. The van der Waals surface area contributed by atoms with Crippen LogP contribution in [0.4, 0.5) is 17.6 Å². The highest BCUT2D eigenvalue weighted by Gasteiger charge is 2.18. The summed E-state index contributed by atoms with van der Waals surface area (Å²) < 4.78 is 0. The van der Waals surface area contributed by atoms with Gasteiger partial charge in [-0.1, -0.05) is 18.2 Å². The molecule has 0 fully saturated rings. The Kier molecular flexibility index (Phi) is 5.25. The van der Waals surface area contributed by atoms with E-state index < -0.39 is 0 Å². The highest BCUT2D eigenvalue weighted by atomic mass is 32.1. The average Bonchev–Trinajstić information content (AvgIpc) is 2.99. The molecule has 1 atom stereocenters. The van der Waals surface area contributed by atoms with E-state index in [2.05, 4.69) is 57.5 Å². The summed E-state index contributed by atoms with van der Waals surface area (Å²) in [5.74, 6) is 1.33. The molecule has 2 heterocycles. The van der Waals surface area contributed by atoms with Gasteiger partial charge < -0.3 is 11.1 Å². The minimum atomic E-state index is 0.0168. The molecular formula is C18H22N6S. The van der Waals surface area contributed by atoms with Crippen molar-refractivity contribution in [2.75, 3.05) is 18.1 Å². The lowest BCUT2D eigenvalue weighted by atomic mass is 10.2. The minimum absolute atomic E-state index is 0.0168. The number of aryl methyl sites for hydroxylation is 1. The Hall–Kier alpha value is -2.51. The smallest absolute Gasteiger partial charge is 0.232 e. The number of nitrogens with two attached hydrogens (primary N) is 1. The third-order valence-electron chi connectivity index (χ3n) is 4.10. The summed E-state index contributed by atoms with van der Waals surface area (Å²) in [6.45, 7) is 5.05. The summed E-state index contributed by atoms with van der Waals surface area (Å²) in [5.41, 5.74) is 8.11. The van der Waals surface area contributed by atoms with Gasteiger partial charge in [-0.15, -0.1) is 11.3 Å². The van der Waals surface area contributed by atoms with Crippen LogP contribution in [0.5, 0.6) is 0 Å². The van der Waals surface area contributed by atoms with Crippen molar-refractivity contribution in [3.63, 3.8) is 0 Å². The number of hydrogen-bond donors (Lipinski definition) is 2. The summed E-state index contributed by atoms with van der Waals surface area (Å²) in [6, 6.07) is 11.9. The molecule has 0 amide bonds. The molecule has 25 heavy (non-hydrogen) atoms. The molecule has 7 heteroatoms. The Morgan fingerprint density at radius 1 is 1.16 bits per heavy atom. The Bertz CT molecular complexity index is 833. The average molecular weight is 354 g/mol. The van der Waals surface area contributed by atoms with Crippen LogP contribution in [0.2, 0.25) is 0 Å². The van der Waals surface area contributed by atoms with Gasteiger partial charge in [0.25, 0.3) is 0 Å². The Morgan fingerprint density at radius 3 is 2.60 bits per heavy atom. The van der Waals surface area contributed by atoms with Crippen molar-refractivity contribution < 1.29 is 0 Å². The summed E-state index contributed by atoms with van der Waals surface area (Å²) >= 11 is 1.77. The van der Waals surface area contributed by atoms with Crippen molar-refractivity contribution in [3.8, 4) is 0 Å². The van der Waals surface area contributed by atoms with Gasteiger partial charge in [0, 0.05) is 17.1 Å². The van der Waals surface area contributed by atoms with Gasteiger partial charge in [0.1, 0.15) is 0 Å². The minimum Gasteiger partial charge on any atom is -0.368 e. The molecule has 1 aromatic carbocycles. The molecule has 3 aromatic rings. The van der Waals surface area contributed by atoms with Crippen LogP contribution in [0.15, 0.2) is 41.8 Å². The number of benzene rings is 1. The van der Waals surface area contributed by atoms with Crippen molar-refractivity contribution in [2.45, 2.75) is 26.4 Å². The lowest BCUT2D eigenvalue weighted by Crippen LogP contribution is -2.24. The maximum absolute atomic E-state index is 5.89. The summed E-state index contributed by atoms with van der Waals surface area (Å²) in [6.07, 6.45) is 0. The van der Waals surface area contributed by atoms with E-state index in [-0.39, 0.29) is 12.0 Å². The fourth-order valence-corrected chi connectivity index (χ4v) is 3.40. The van der Waals surface area contributed by atoms with Gasteiger partial charge in [-0.2, -0.15) is 15.0 Å². The summed E-state index contributed by atoms with van der Waals surface area (Å²) in [5, 5.41) is 5.29. The van der Waals surface area contributed by atoms with Crippen LogP contribution in [0.25, 0.3) is 0 Å². The summed E-state index contributed by atoms with van der Waals surface area (Å²) in [7, 11) is 2.06. The van der Waals surface area contributed by atoms with Crippen molar-refractivity contribution in [1.29, 1.82) is 0 Å².